The quantitative estimate of drug-likeness (QED) is 0.156. The molecule has 0 saturated heterocycles. The number of carbonyl (C=O) groups is 5. The molecular weight excluding hydrogens is 745 g/mol. The van der Waals surface area contributed by atoms with Crippen LogP contribution in [-0.4, -0.2) is 68.7 Å². The zero-order valence-corrected chi connectivity index (χ0v) is 22.0. The molecule has 0 aromatic carbocycles. The van der Waals surface area contributed by atoms with Crippen LogP contribution in [0.4, 0.5) is 0 Å². The predicted molar refractivity (Wildman–Crippen MR) is 127 cm³/mol. The van der Waals surface area contributed by atoms with Crippen molar-refractivity contribution in [2.75, 3.05) is 13.2 Å². The Bertz CT molecular complexity index is 855. The van der Waals surface area contributed by atoms with E-state index in [9.17, 15) is 34.2 Å². The lowest BCUT2D eigenvalue weighted by Gasteiger charge is -2.36. The van der Waals surface area contributed by atoms with Gasteiger partial charge >= 0.3 is 23.9 Å². The first-order valence-electron chi connectivity index (χ1n) is 8.03. The van der Waals surface area contributed by atoms with Crippen LogP contribution in [0.25, 0.3) is 0 Å². The number of nitrogens with one attached hydrogen (secondary N) is 1. The summed E-state index contributed by atoms with van der Waals surface area (Å²) >= 11 is 4.90. The first-order valence-corrected chi connectivity index (χ1v) is 11.4. The zero-order valence-electron chi connectivity index (χ0n) is 15.5. The lowest BCUT2D eigenvalue weighted by atomic mass is 9.83. The number of amides is 1. The second-order valence-electron chi connectivity index (χ2n) is 6.00. The minimum absolute atomic E-state index is 0.0350. The normalized spacial score (nSPS) is 22.3. The van der Waals surface area contributed by atoms with Gasteiger partial charge in [0.1, 0.15) is 6.61 Å². The monoisotopic (exact) mass is 762 g/mol. The van der Waals surface area contributed by atoms with Gasteiger partial charge in [-0.25, -0.2) is 9.59 Å². The van der Waals surface area contributed by atoms with E-state index in [1.165, 1.54) is 0 Å². The van der Waals surface area contributed by atoms with Crippen molar-refractivity contribution in [3.05, 3.63) is 18.3 Å². The third-order valence-electron chi connectivity index (χ3n) is 3.80. The molecular formula is C16H17I3N2O9. The molecule has 0 heterocycles. The number of carbonyl (C=O) groups excluding carboxylic acids is 3. The molecule has 11 nitrogen and oxygen atoms in total. The average molecular weight is 762 g/mol. The van der Waals surface area contributed by atoms with Crippen molar-refractivity contribution in [2.45, 2.75) is 29.4 Å². The molecule has 0 aromatic rings. The fourth-order valence-electron chi connectivity index (χ4n) is 2.37. The van der Waals surface area contributed by atoms with Gasteiger partial charge in [0.25, 0.3) is 5.91 Å². The molecule has 3 unspecified atom stereocenters. The molecule has 0 spiro atoms. The molecule has 0 aromatic heterocycles. The lowest BCUT2D eigenvalue weighted by molar-refractivity contribution is -0.156. The number of hydrogen-bond donors (Lipinski definition) is 4. The van der Waals surface area contributed by atoms with Crippen molar-refractivity contribution < 1.29 is 43.7 Å². The van der Waals surface area contributed by atoms with Gasteiger partial charge in [-0.05, 0) is 45.2 Å². The van der Waals surface area contributed by atoms with Crippen molar-refractivity contribution in [1.82, 2.24) is 5.32 Å². The summed E-state index contributed by atoms with van der Waals surface area (Å²) in [5.74, 6) is -5.00. The van der Waals surface area contributed by atoms with Crippen molar-refractivity contribution in [3.8, 4) is 0 Å². The van der Waals surface area contributed by atoms with Crippen LogP contribution in [0.5, 0.6) is 0 Å². The fourth-order valence-corrected chi connectivity index (χ4v) is 7.34. The largest absolute Gasteiger partial charge is 0.480 e. The topological polar surface area (TPSA) is 182 Å². The number of esters is 2. The Morgan fingerprint density at radius 3 is 2.17 bits per heavy atom. The van der Waals surface area contributed by atoms with Crippen LogP contribution < -0.4 is 11.1 Å². The molecule has 0 bridgehead atoms. The number of carboxylic acid groups (broad SMARTS) is 2. The van der Waals surface area contributed by atoms with Crippen molar-refractivity contribution in [3.63, 3.8) is 0 Å². The van der Waals surface area contributed by atoms with Crippen molar-refractivity contribution in [2.24, 2.45) is 5.73 Å². The van der Waals surface area contributed by atoms with Gasteiger partial charge in [0, 0.05) is 21.0 Å². The molecule has 3 atom stereocenters. The van der Waals surface area contributed by atoms with Crippen molar-refractivity contribution >= 4 is 97.6 Å². The Morgan fingerprint density at radius 2 is 1.73 bits per heavy atom. The second kappa shape index (κ2) is 11.0. The third-order valence-corrected chi connectivity index (χ3v) is 7.96. The number of rotatable bonds is 8. The van der Waals surface area contributed by atoms with Crippen LogP contribution in [-0.2, 0) is 33.4 Å². The summed E-state index contributed by atoms with van der Waals surface area (Å²) in [7, 11) is 0. The highest BCUT2D eigenvalue weighted by molar-refractivity contribution is 14.1. The average Bonchev–Trinajstić information content (AvgIpc) is 2.61. The molecule has 166 valence electrons. The molecule has 5 N–H and O–H groups in total. The molecule has 30 heavy (non-hydrogen) atoms. The van der Waals surface area contributed by atoms with Gasteiger partial charge in [0.15, 0.2) is 11.6 Å². The van der Waals surface area contributed by atoms with E-state index in [0.29, 0.717) is 0 Å². The number of nitrogens with two attached hydrogens (primary N) is 1. The smallest absolute Gasteiger partial charge is 0.333 e. The lowest BCUT2D eigenvalue weighted by Crippen LogP contribution is -2.59. The summed E-state index contributed by atoms with van der Waals surface area (Å²) < 4.78 is 8.60. The van der Waals surface area contributed by atoms with E-state index < -0.39 is 45.4 Å². The van der Waals surface area contributed by atoms with Gasteiger partial charge in [0.2, 0.25) is 0 Å². The van der Waals surface area contributed by atoms with E-state index in [-0.39, 0.29) is 31.5 Å². The molecule has 0 fully saturated rings. The Kier molecular flexibility index (Phi) is 9.93. The maximum atomic E-state index is 12.8. The van der Waals surface area contributed by atoms with Gasteiger partial charge in [0.05, 0.1) is 21.6 Å². The number of carboxylic acids is 2. The number of halogens is 3. The summed E-state index contributed by atoms with van der Waals surface area (Å²) in [6, 6.07) is 0. The highest BCUT2D eigenvalue weighted by Gasteiger charge is 2.53. The van der Waals surface area contributed by atoms with Crippen LogP contribution in [0.3, 0.4) is 0 Å². The van der Waals surface area contributed by atoms with E-state index in [0.717, 1.165) is 13.8 Å². The Balaban J connectivity index is 3.27. The minimum atomic E-state index is -2.14. The van der Waals surface area contributed by atoms with E-state index in [2.05, 4.69) is 5.32 Å². The van der Waals surface area contributed by atoms with Crippen molar-refractivity contribution in [1.29, 1.82) is 0 Å². The number of hydrogen-bond acceptors (Lipinski definition) is 8. The number of ether oxygens (including phenoxy) is 2. The van der Waals surface area contributed by atoms with Gasteiger partial charge < -0.3 is 30.7 Å². The number of aliphatic carboxylic acids is 2. The highest BCUT2D eigenvalue weighted by Crippen LogP contribution is 2.46. The Morgan fingerprint density at radius 1 is 1.17 bits per heavy atom. The predicted octanol–water partition coefficient (Wildman–Crippen LogP) is 0.659. The molecule has 1 amide bonds. The summed E-state index contributed by atoms with van der Waals surface area (Å²) in [6.45, 7) is 1.71. The molecule has 0 radical (unpaired) electrons. The molecule has 0 aliphatic heterocycles. The summed E-state index contributed by atoms with van der Waals surface area (Å²) in [5.41, 5.74) is 3.37. The number of alkyl halides is 1. The first kappa shape index (κ1) is 27.0. The maximum absolute atomic E-state index is 12.8. The second-order valence-corrected chi connectivity index (χ2v) is 9.41. The molecule has 14 heteroatoms. The first-order chi connectivity index (χ1) is 13.7. The van der Waals surface area contributed by atoms with Gasteiger partial charge in [-0.1, -0.05) is 22.6 Å². The fraction of sp³-hybridized carbons (Fsp3) is 0.438. The molecule has 1 rings (SSSR count). The summed E-state index contributed by atoms with van der Waals surface area (Å²) in [5, 5.41) is 21.6. The van der Waals surface area contributed by atoms with Crippen LogP contribution in [0.1, 0.15) is 13.8 Å². The Labute approximate surface area is 211 Å². The molecule has 0 saturated carbocycles. The van der Waals surface area contributed by atoms with Gasteiger partial charge in [-0.3, -0.25) is 14.4 Å². The van der Waals surface area contributed by atoms with E-state index in [4.69, 9.17) is 15.2 Å². The summed E-state index contributed by atoms with van der Waals surface area (Å²) in [4.78, 5) is 58.6. The highest BCUT2D eigenvalue weighted by atomic mass is 127. The Hall–Kier alpha value is -1.02. The van der Waals surface area contributed by atoms with Gasteiger partial charge in [-0.2, -0.15) is 0 Å². The van der Waals surface area contributed by atoms with E-state index in [1.54, 1.807) is 67.8 Å². The van der Waals surface area contributed by atoms with Crippen LogP contribution in [0, 0.1) is 0 Å². The van der Waals surface area contributed by atoms with Gasteiger partial charge in [-0.15, -0.1) is 0 Å². The van der Waals surface area contributed by atoms with Crippen LogP contribution in [0.2, 0.25) is 0 Å². The minimum Gasteiger partial charge on any atom is -0.480 e. The van der Waals surface area contributed by atoms with E-state index in [1.807, 2.05) is 0 Å². The summed E-state index contributed by atoms with van der Waals surface area (Å²) in [6.07, 6.45) is -1.00. The maximum Gasteiger partial charge on any atom is 0.333 e. The van der Waals surface area contributed by atoms with Crippen LogP contribution >= 0.6 is 67.8 Å². The third kappa shape index (κ3) is 6.02. The molecule has 1 aliphatic rings. The van der Waals surface area contributed by atoms with Crippen LogP contribution in [0.15, 0.2) is 18.3 Å². The standard InChI is InChI=1S/C16H17I3N2O9/c1-5(22)29-4-7(30-6(2)23)3-21-13(24)8-10(17)9(14(25)26)12(19)16(20,11(8)18)15(27)28/h7,12H,3-4,20H2,1-2H3,(H,21,24)(H,25,26)(H,27,28). The molecule has 1 aliphatic carbocycles. The zero-order chi connectivity index (χ0) is 23.4. The van der Waals surface area contributed by atoms with E-state index >= 15 is 0 Å². The SMILES string of the molecule is CC(=O)OCC(CNC(=O)C1=C(I)C(N)(C(=O)O)C(I)C(C(=O)O)=C1I)OC(C)=O.